The molecule has 0 aliphatic heterocycles. The second-order valence-electron chi connectivity index (χ2n) is 3.92. The van der Waals surface area contributed by atoms with Crippen LogP contribution in [0.15, 0.2) is 52.3 Å². The molecule has 2 N–H and O–H groups in total. The van der Waals surface area contributed by atoms with Gasteiger partial charge in [-0.25, -0.2) is 8.42 Å². The van der Waals surface area contributed by atoms with Crippen molar-refractivity contribution >= 4 is 9.84 Å². The Morgan fingerprint density at radius 1 is 0.944 bits per heavy atom. The molecule has 0 saturated heterocycles. The third-order valence-electron chi connectivity index (χ3n) is 2.64. The summed E-state index contributed by atoms with van der Waals surface area (Å²) in [4.78, 5) is -0.102. The smallest absolute Gasteiger partial charge is 0.210 e. The Morgan fingerprint density at radius 3 is 2.17 bits per heavy atom. The van der Waals surface area contributed by atoms with Gasteiger partial charge in [-0.05, 0) is 42.8 Å². The zero-order valence-electron chi connectivity index (χ0n) is 9.66. The lowest BCUT2D eigenvalue weighted by Gasteiger charge is -2.08. The Kier molecular flexibility index (Phi) is 3.00. The van der Waals surface area contributed by atoms with Crippen molar-refractivity contribution in [3.63, 3.8) is 0 Å². The van der Waals surface area contributed by atoms with Gasteiger partial charge in [0.05, 0.1) is 4.90 Å². The minimum Gasteiger partial charge on any atom is -0.508 e. The van der Waals surface area contributed by atoms with Crippen molar-refractivity contribution in [2.24, 2.45) is 0 Å². The van der Waals surface area contributed by atoms with E-state index in [-0.39, 0.29) is 21.3 Å². The van der Waals surface area contributed by atoms with Crippen LogP contribution in [0.3, 0.4) is 0 Å². The fraction of sp³-hybridized carbons (Fsp3) is 0.0769. The van der Waals surface area contributed by atoms with E-state index >= 15 is 0 Å². The number of hydrogen-bond donors (Lipinski definition) is 2. The van der Waals surface area contributed by atoms with E-state index in [1.165, 1.54) is 30.3 Å². The molecular weight excluding hydrogens is 252 g/mol. The second-order valence-corrected chi connectivity index (χ2v) is 5.84. The van der Waals surface area contributed by atoms with E-state index in [4.69, 9.17) is 5.11 Å². The van der Waals surface area contributed by atoms with Gasteiger partial charge in [0.25, 0.3) is 0 Å². The van der Waals surface area contributed by atoms with Gasteiger partial charge in [0.2, 0.25) is 9.84 Å². The summed E-state index contributed by atoms with van der Waals surface area (Å²) >= 11 is 0. The largest absolute Gasteiger partial charge is 0.508 e. The monoisotopic (exact) mass is 264 g/mol. The lowest BCUT2D eigenvalue weighted by molar-refractivity contribution is 0.454. The Hall–Kier alpha value is -2.01. The van der Waals surface area contributed by atoms with Gasteiger partial charge in [0.1, 0.15) is 16.4 Å². The molecule has 2 aromatic carbocycles. The average Bonchev–Trinajstić information content (AvgIpc) is 2.33. The molecule has 0 amide bonds. The molecule has 0 radical (unpaired) electrons. The van der Waals surface area contributed by atoms with Gasteiger partial charge in [0.15, 0.2) is 0 Å². The van der Waals surface area contributed by atoms with Gasteiger partial charge in [-0.3, -0.25) is 0 Å². The van der Waals surface area contributed by atoms with Crippen molar-refractivity contribution < 1.29 is 18.6 Å². The molecule has 18 heavy (non-hydrogen) atoms. The second kappa shape index (κ2) is 4.34. The molecule has 2 aromatic rings. The molecule has 0 spiro atoms. The number of sulfone groups is 1. The summed E-state index contributed by atoms with van der Waals surface area (Å²) in [6, 6.07) is 9.73. The van der Waals surface area contributed by atoms with Gasteiger partial charge in [-0.2, -0.15) is 0 Å². The first kappa shape index (κ1) is 12.4. The molecule has 2 rings (SSSR count). The first-order chi connectivity index (χ1) is 8.43. The molecular formula is C13H12O4S. The van der Waals surface area contributed by atoms with Gasteiger partial charge < -0.3 is 10.2 Å². The highest BCUT2D eigenvalue weighted by molar-refractivity contribution is 7.91. The Bertz CT molecular complexity index is 673. The van der Waals surface area contributed by atoms with Crippen LogP contribution < -0.4 is 0 Å². The van der Waals surface area contributed by atoms with Crippen molar-refractivity contribution in [2.75, 3.05) is 0 Å². The molecule has 0 aliphatic rings. The summed E-state index contributed by atoms with van der Waals surface area (Å²) in [6.07, 6.45) is 0. The SMILES string of the molecule is Cc1cccc(S(=O)(=O)c2ccc(O)cc2)c1O. The first-order valence-corrected chi connectivity index (χ1v) is 6.74. The predicted molar refractivity (Wildman–Crippen MR) is 66.4 cm³/mol. The topological polar surface area (TPSA) is 74.6 Å². The average molecular weight is 264 g/mol. The first-order valence-electron chi connectivity index (χ1n) is 5.25. The van der Waals surface area contributed by atoms with Crippen LogP contribution in [0.5, 0.6) is 11.5 Å². The molecule has 0 aliphatic carbocycles. The van der Waals surface area contributed by atoms with Crippen LogP contribution in [0, 0.1) is 6.92 Å². The maximum atomic E-state index is 12.3. The van der Waals surface area contributed by atoms with E-state index in [1.807, 2.05) is 0 Å². The number of aryl methyl sites for hydroxylation is 1. The highest BCUT2D eigenvalue weighted by atomic mass is 32.2. The van der Waals surface area contributed by atoms with Crippen LogP contribution in [0.25, 0.3) is 0 Å². The van der Waals surface area contributed by atoms with E-state index in [0.29, 0.717) is 5.56 Å². The predicted octanol–water partition coefficient (Wildman–Crippen LogP) is 2.24. The van der Waals surface area contributed by atoms with Crippen LogP contribution in [0.1, 0.15) is 5.56 Å². The van der Waals surface area contributed by atoms with E-state index < -0.39 is 9.84 Å². The van der Waals surface area contributed by atoms with Crippen molar-refractivity contribution in [1.82, 2.24) is 0 Å². The standard InChI is InChI=1S/C13H12O4S/c1-9-3-2-4-12(13(9)15)18(16,17)11-7-5-10(14)6-8-11/h2-8,14-15H,1H3. The molecule has 0 unspecified atom stereocenters. The molecule has 0 heterocycles. The maximum absolute atomic E-state index is 12.3. The molecule has 5 heteroatoms. The lowest BCUT2D eigenvalue weighted by Crippen LogP contribution is -2.02. The fourth-order valence-electron chi connectivity index (χ4n) is 1.60. The van der Waals surface area contributed by atoms with Crippen molar-refractivity contribution in [1.29, 1.82) is 0 Å². The molecule has 0 bridgehead atoms. The summed E-state index contributed by atoms with van der Waals surface area (Å²) in [6.45, 7) is 1.63. The molecule has 0 atom stereocenters. The summed E-state index contributed by atoms with van der Waals surface area (Å²) in [5.41, 5.74) is 0.495. The Morgan fingerprint density at radius 2 is 1.56 bits per heavy atom. The number of rotatable bonds is 2. The fourth-order valence-corrected chi connectivity index (χ4v) is 3.02. The highest BCUT2D eigenvalue weighted by Crippen LogP contribution is 2.31. The summed E-state index contributed by atoms with van der Waals surface area (Å²) in [5.74, 6) is -0.256. The Balaban J connectivity index is 2.62. The number of phenolic OH excluding ortho intramolecular Hbond substituents is 2. The molecule has 0 fully saturated rings. The number of phenols is 2. The van der Waals surface area contributed by atoms with E-state index in [9.17, 15) is 13.5 Å². The number of para-hydroxylation sites is 1. The molecule has 4 nitrogen and oxygen atoms in total. The van der Waals surface area contributed by atoms with E-state index in [1.54, 1.807) is 19.1 Å². The van der Waals surface area contributed by atoms with E-state index in [2.05, 4.69) is 0 Å². The van der Waals surface area contributed by atoms with Crippen molar-refractivity contribution in [2.45, 2.75) is 16.7 Å². The number of benzene rings is 2. The quantitative estimate of drug-likeness (QED) is 0.872. The summed E-state index contributed by atoms with van der Waals surface area (Å²) in [5, 5.41) is 19.0. The lowest BCUT2D eigenvalue weighted by atomic mass is 10.2. The van der Waals surface area contributed by atoms with Crippen LogP contribution in [0.2, 0.25) is 0 Å². The van der Waals surface area contributed by atoms with Gasteiger partial charge in [0, 0.05) is 0 Å². The summed E-state index contributed by atoms with van der Waals surface area (Å²) in [7, 11) is -3.77. The van der Waals surface area contributed by atoms with Crippen molar-refractivity contribution in [3.05, 3.63) is 48.0 Å². The number of aromatic hydroxyl groups is 2. The molecule has 94 valence electrons. The van der Waals surface area contributed by atoms with Crippen molar-refractivity contribution in [3.8, 4) is 11.5 Å². The molecule has 0 aromatic heterocycles. The normalized spacial score (nSPS) is 11.4. The minimum absolute atomic E-state index is 0.0117. The summed E-state index contributed by atoms with van der Waals surface area (Å²) < 4.78 is 24.6. The Labute approximate surface area is 105 Å². The van der Waals surface area contributed by atoms with Crippen LogP contribution in [-0.4, -0.2) is 18.6 Å². The maximum Gasteiger partial charge on any atom is 0.210 e. The van der Waals surface area contributed by atoms with Crippen LogP contribution in [0.4, 0.5) is 0 Å². The minimum atomic E-state index is -3.77. The van der Waals surface area contributed by atoms with Gasteiger partial charge in [-0.1, -0.05) is 12.1 Å². The van der Waals surface area contributed by atoms with Gasteiger partial charge >= 0.3 is 0 Å². The van der Waals surface area contributed by atoms with E-state index in [0.717, 1.165) is 0 Å². The van der Waals surface area contributed by atoms with Gasteiger partial charge in [-0.15, -0.1) is 0 Å². The zero-order valence-corrected chi connectivity index (χ0v) is 10.5. The third kappa shape index (κ3) is 2.04. The molecule has 0 saturated carbocycles. The highest BCUT2D eigenvalue weighted by Gasteiger charge is 2.21. The zero-order chi connectivity index (χ0) is 13.3. The third-order valence-corrected chi connectivity index (χ3v) is 4.44. The van der Waals surface area contributed by atoms with Crippen LogP contribution >= 0.6 is 0 Å². The van der Waals surface area contributed by atoms with Crippen LogP contribution in [-0.2, 0) is 9.84 Å². The number of hydrogen-bond acceptors (Lipinski definition) is 4.